The molecular formula is C8H9ClO3. The first-order chi connectivity index (χ1) is 5.55. The Labute approximate surface area is 74.7 Å². The summed E-state index contributed by atoms with van der Waals surface area (Å²) >= 11 is 5.40. The van der Waals surface area contributed by atoms with Gasteiger partial charge in [0.25, 0.3) is 0 Å². The van der Waals surface area contributed by atoms with E-state index >= 15 is 0 Å². The molecule has 12 heavy (non-hydrogen) atoms. The fourth-order valence-corrected chi connectivity index (χ4v) is 2.74. The first kappa shape index (κ1) is 8.05. The Bertz CT molecular complexity index is 252. The average Bonchev–Trinajstić information content (AvgIpc) is 1.80. The highest BCUT2D eigenvalue weighted by Crippen LogP contribution is 2.73. The molecule has 0 amide bonds. The number of hydrogen-bond donors (Lipinski definition) is 1. The van der Waals surface area contributed by atoms with Crippen molar-refractivity contribution in [3.8, 4) is 0 Å². The molecule has 3 saturated carbocycles. The van der Waals surface area contributed by atoms with Gasteiger partial charge in [0.15, 0.2) is 5.78 Å². The van der Waals surface area contributed by atoms with Gasteiger partial charge in [0, 0.05) is 5.41 Å². The van der Waals surface area contributed by atoms with Crippen LogP contribution in [0.1, 0.15) is 19.3 Å². The van der Waals surface area contributed by atoms with Crippen molar-refractivity contribution >= 4 is 23.4 Å². The molecule has 3 fully saturated rings. The summed E-state index contributed by atoms with van der Waals surface area (Å²) in [5.74, 6) is -0.713. The van der Waals surface area contributed by atoms with Crippen molar-refractivity contribution in [2.24, 2.45) is 10.8 Å². The van der Waals surface area contributed by atoms with Crippen molar-refractivity contribution in [3.05, 3.63) is 0 Å². The van der Waals surface area contributed by atoms with Gasteiger partial charge in [-0.3, -0.25) is 9.59 Å². The number of ketones is 1. The van der Waals surface area contributed by atoms with E-state index in [0.717, 1.165) is 0 Å². The van der Waals surface area contributed by atoms with Gasteiger partial charge in [-0.05, 0) is 19.3 Å². The maximum absolute atomic E-state index is 11.2. The van der Waals surface area contributed by atoms with E-state index in [-0.39, 0.29) is 17.1 Å². The largest absolute Gasteiger partial charge is 0.481 e. The van der Waals surface area contributed by atoms with Crippen LogP contribution >= 0.6 is 11.6 Å². The van der Waals surface area contributed by atoms with Crippen molar-refractivity contribution in [3.63, 3.8) is 0 Å². The summed E-state index contributed by atoms with van der Waals surface area (Å²) in [5, 5.41) is 8.76. The number of carbonyl (C=O) groups excluding carboxylic acids is 1. The van der Waals surface area contributed by atoms with Gasteiger partial charge in [-0.15, -0.1) is 11.6 Å². The van der Waals surface area contributed by atoms with E-state index in [0.29, 0.717) is 19.3 Å². The smallest absolute Gasteiger partial charge is 0.309 e. The van der Waals surface area contributed by atoms with Crippen LogP contribution in [-0.4, -0.2) is 22.7 Å². The molecule has 0 spiro atoms. The molecule has 0 atom stereocenters. The predicted molar refractivity (Wildman–Crippen MR) is 42.1 cm³/mol. The predicted octanol–water partition coefficient (Wildman–Crippen LogP) is 1.05. The third-order valence-corrected chi connectivity index (χ3v) is 3.44. The van der Waals surface area contributed by atoms with Crippen molar-refractivity contribution in [2.75, 3.05) is 5.88 Å². The summed E-state index contributed by atoms with van der Waals surface area (Å²) in [4.78, 5) is 21.8. The lowest BCUT2D eigenvalue weighted by Crippen LogP contribution is -2.68. The number of carboxylic acids is 1. The molecular weight excluding hydrogens is 180 g/mol. The summed E-state index contributed by atoms with van der Waals surface area (Å²) in [5.41, 5.74) is -0.887. The molecule has 3 nitrogen and oxygen atoms in total. The summed E-state index contributed by atoms with van der Waals surface area (Å²) in [7, 11) is 0. The molecule has 3 rings (SSSR count). The Morgan fingerprint density at radius 3 is 2.08 bits per heavy atom. The Hall–Kier alpha value is -0.570. The minimum absolute atomic E-state index is 0.0206. The molecule has 1 N–H and O–H groups in total. The number of Topliss-reactive ketones (excluding diaryl/α,β-unsaturated/α-hetero) is 1. The zero-order valence-electron chi connectivity index (χ0n) is 6.47. The van der Waals surface area contributed by atoms with Gasteiger partial charge in [-0.1, -0.05) is 0 Å². The number of alkyl halides is 1. The highest BCUT2D eigenvalue weighted by Gasteiger charge is 2.74. The van der Waals surface area contributed by atoms with E-state index in [9.17, 15) is 9.59 Å². The molecule has 0 heterocycles. The van der Waals surface area contributed by atoms with Gasteiger partial charge in [-0.2, -0.15) is 0 Å². The lowest BCUT2D eigenvalue weighted by molar-refractivity contribution is -0.218. The van der Waals surface area contributed by atoms with E-state index in [2.05, 4.69) is 0 Å². The van der Waals surface area contributed by atoms with Crippen molar-refractivity contribution in [1.29, 1.82) is 0 Å². The first-order valence-corrected chi connectivity index (χ1v) is 4.41. The number of halogens is 1. The number of rotatable bonds is 3. The second-order valence-corrected chi connectivity index (χ2v) is 4.22. The number of carboxylic acid groups (broad SMARTS) is 1. The Balaban J connectivity index is 2.04. The van der Waals surface area contributed by atoms with Crippen LogP contribution in [0.3, 0.4) is 0 Å². The van der Waals surface area contributed by atoms with Crippen LogP contribution in [0.15, 0.2) is 0 Å². The molecule has 0 aliphatic heterocycles. The third-order valence-electron chi connectivity index (χ3n) is 3.20. The van der Waals surface area contributed by atoms with E-state index < -0.39 is 11.4 Å². The number of aliphatic carboxylic acids is 1. The molecule has 4 heteroatoms. The fraction of sp³-hybridized carbons (Fsp3) is 0.750. The van der Waals surface area contributed by atoms with Crippen molar-refractivity contribution < 1.29 is 14.7 Å². The molecule has 0 aromatic rings. The SMILES string of the molecule is O=C(O)C12CC(C(=O)CCl)(C1)C2. The van der Waals surface area contributed by atoms with E-state index in [1.54, 1.807) is 0 Å². The van der Waals surface area contributed by atoms with Gasteiger partial charge >= 0.3 is 5.97 Å². The molecule has 3 aliphatic rings. The van der Waals surface area contributed by atoms with Gasteiger partial charge < -0.3 is 5.11 Å². The Morgan fingerprint density at radius 2 is 1.75 bits per heavy atom. The summed E-state index contributed by atoms with van der Waals surface area (Å²) in [6, 6.07) is 0. The molecule has 0 aromatic carbocycles. The maximum Gasteiger partial charge on any atom is 0.309 e. The third kappa shape index (κ3) is 0.678. The van der Waals surface area contributed by atoms with E-state index in [1.165, 1.54) is 0 Å². The van der Waals surface area contributed by atoms with Gasteiger partial charge in [-0.25, -0.2) is 0 Å². The number of carbonyl (C=O) groups is 2. The zero-order chi connectivity index (χ0) is 8.98. The van der Waals surface area contributed by atoms with Crippen LogP contribution in [0, 0.1) is 10.8 Å². The fourth-order valence-electron chi connectivity index (χ4n) is 2.45. The summed E-state index contributed by atoms with van der Waals surface area (Å²) < 4.78 is 0. The van der Waals surface area contributed by atoms with Gasteiger partial charge in [0.05, 0.1) is 11.3 Å². The van der Waals surface area contributed by atoms with Crippen LogP contribution in [0.5, 0.6) is 0 Å². The highest BCUT2D eigenvalue weighted by molar-refractivity contribution is 6.28. The molecule has 0 unspecified atom stereocenters. The van der Waals surface area contributed by atoms with Crippen LogP contribution in [0.2, 0.25) is 0 Å². The quantitative estimate of drug-likeness (QED) is 0.674. The van der Waals surface area contributed by atoms with E-state index in [4.69, 9.17) is 16.7 Å². The van der Waals surface area contributed by atoms with Crippen LogP contribution in [0.25, 0.3) is 0 Å². The summed E-state index contributed by atoms with van der Waals surface area (Å²) in [6.07, 6.45) is 1.54. The van der Waals surface area contributed by atoms with Gasteiger partial charge in [0.2, 0.25) is 0 Å². The van der Waals surface area contributed by atoms with E-state index in [1.807, 2.05) is 0 Å². The lowest BCUT2D eigenvalue weighted by atomic mass is 9.34. The molecule has 0 radical (unpaired) electrons. The minimum atomic E-state index is -0.758. The highest BCUT2D eigenvalue weighted by atomic mass is 35.5. The Kier molecular flexibility index (Phi) is 1.35. The molecule has 0 saturated heterocycles. The second-order valence-electron chi connectivity index (χ2n) is 3.95. The second kappa shape index (κ2) is 2.02. The minimum Gasteiger partial charge on any atom is -0.481 e. The topological polar surface area (TPSA) is 54.4 Å². The molecule has 3 aliphatic carbocycles. The molecule has 66 valence electrons. The zero-order valence-corrected chi connectivity index (χ0v) is 7.23. The Morgan fingerprint density at radius 1 is 1.25 bits per heavy atom. The van der Waals surface area contributed by atoms with Crippen LogP contribution < -0.4 is 0 Å². The normalized spacial score (nSPS) is 42.8. The van der Waals surface area contributed by atoms with Crippen molar-refractivity contribution in [1.82, 2.24) is 0 Å². The standard InChI is InChI=1S/C8H9ClO3/c9-1-5(10)7-2-8(3-7,4-7)6(11)12/h1-4H2,(H,11,12). The van der Waals surface area contributed by atoms with Crippen LogP contribution in [0.4, 0.5) is 0 Å². The van der Waals surface area contributed by atoms with Crippen molar-refractivity contribution in [2.45, 2.75) is 19.3 Å². The van der Waals surface area contributed by atoms with Gasteiger partial charge in [0.1, 0.15) is 0 Å². The molecule has 0 aromatic heterocycles. The lowest BCUT2D eigenvalue weighted by Gasteiger charge is -2.66. The monoisotopic (exact) mass is 188 g/mol. The average molecular weight is 189 g/mol. The maximum atomic E-state index is 11.2. The first-order valence-electron chi connectivity index (χ1n) is 3.87. The summed E-state index contributed by atoms with van der Waals surface area (Å²) in [6.45, 7) is 0. The molecule has 2 bridgehead atoms. The number of hydrogen-bond acceptors (Lipinski definition) is 2. The van der Waals surface area contributed by atoms with Crippen LogP contribution in [-0.2, 0) is 9.59 Å².